The summed E-state index contributed by atoms with van der Waals surface area (Å²) < 4.78 is 31.5. The van der Waals surface area contributed by atoms with Crippen LogP contribution in [0.4, 0.5) is 4.39 Å². The smallest absolute Gasteiger partial charge is 0.355 e. The van der Waals surface area contributed by atoms with E-state index in [4.69, 9.17) is 31.5 Å². The number of carbonyl (C=O) groups excluding carboxylic acids is 1. The van der Waals surface area contributed by atoms with E-state index < -0.39 is 11.9 Å². The van der Waals surface area contributed by atoms with Gasteiger partial charge in [0.15, 0.2) is 0 Å². The molecule has 6 nitrogen and oxygen atoms in total. The number of nitriles is 1. The number of allylic oxidation sites excluding steroid dienone is 1. The summed E-state index contributed by atoms with van der Waals surface area (Å²) in [4.78, 5) is 13.3. The van der Waals surface area contributed by atoms with E-state index in [0.29, 0.717) is 27.0 Å². The maximum absolute atomic E-state index is 13.2. The summed E-state index contributed by atoms with van der Waals surface area (Å²) in [5.74, 6) is -0.317. The molecule has 1 atom stereocenters. The topological polar surface area (TPSA) is 94.6 Å². The molecule has 1 unspecified atom stereocenters. The molecule has 0 spiro atoms. The molecule has 0 saturated carbocycles. The van der Waals surface area contributed by atoms with Crippen LogP contribution in [0.25, 0.3) is 10.1 Å². The van der Waals surface area contributed by atoms with Gasteiger partial charge in [-0.05, 0) is 47.5 Å². The van der Waals surface area contributed by atoms with Crippen LogP contribution in [0.2, 0.25) is 5.02 Å². The second kappa shape index (κ2) is 11.0. The molecule has 202 valence electrons. The molecule has 6 rings (SSSR count). The summed E-state index contributed by atoms with van der Waals surface area (Å²) in [7, 11) is 0. The third-order valence-corrected chi connectivity index (χ3v) is 8.29. The molecule has 1 aliphatic heterocycles. The van der Waals surface area contributed by atoms with Crippen molar-refractivity contribution in [3.8, 4) is 23.3 Å². The fourth-order valence-corrected chi connectivity index (χ4v) is 6.06. The summed E-state index contributed by atoms with van der Waals surface area (Å²) >= 11 is 7.71. The molecule has 5 aromatic rings. The van der Waals surface area contributed by atoms with E-state index in [-0.39, 0.29) is 29.6 Å². The highest BCUT2D eigenvalue weighted by Gasteiger charge is 2.31. The maximum atomic E-state index is 13.2. The van der Waals surface area contributed by atoms with Gasteiger partial charge in [-0.2, -0.15) is 5.26 Å². The van der Waals surface area contributed by atoms with E-state index in [0.717, 1.165) is 21.2 Å². The van der Waals surface area contributed by atoms with Gasteiger partial charge in [0.25, 0.3) is 0 Å². The molecule has 0 saturated heterocycles. The lowest BCUT2D eigenvalue weighted by molar-refractivity contribution is 0.0740. The van der Waals surface area contributed by atoms with Crippen molar-refractivity contribution in [3.63, 3.8) is 0 Å². The van der Waals surface area contributed by atoms with Crippen LogP contribution in [0, 0.1) is 17.1 Å². The minimum absolute atomic E-state index is 0.0429. The average molecular weight is 583 g/mol. The lowest BCUT2D eigenvalue weighted by atomic mass is 9.83. The molecule has 1 aliphatic rings. The quantitative estimate of drug-likeness (QED) is 0.163. The summed E-state index contributed by atoms with van der Waals surface area (Å²) in [6.07, 6.45) is 0. The zero-order valence-corrected chi connectivity index (χ0v) is 22.8. The number of halogens is 2. The number of hydrogen-bond acceptors (Lipinski definition) is 7. The van der Waals surface area contributed by atoms with E-state index in [2.05, 4.69) is 6.07 Å². The normalized spacial score (nSPS) is 14.2. The minimum atomic E-state index is -0.587. The predicted molar refractivity (Wildman–Crippen MR) is 155 cm³/mol. The Labute approximate surface area is 243 Å². The van der Waals surface area contributed by atoms with Gasteiger partial charge in [0.1, 0.15) is 46.2 Å². The number of hydrogen-bond donors (Lipinski definition) is 1. The Bertz CT molecular complexity index is 1880. The molecular formula is C32H20ClFN2O4S. The highest BCUT2D eigenvalue weighted by Crippen LogP contribution is 2.44. The lowest BCUT2D eigenvalue weighted by Crippen LogP contribution is -2.21. The summed E-state index contributed by atoms with van der Waals surface area (Å²) in [5, 5.41) is 11.1. The number of fused-ring (bicyclic) bond motifs is 2. The van der Waals surface area contributed by atoms with E-state index in [9.17, 15) is 14.4 Å². The summed E-state index contributed by atoms with van der Waals surface area (Å²) in [6.45, 7) is 0.246. The maximum Gasteiger partial charge on any atom is 0.355 e. The third kappa shape index (κ3) is 5.21. The number of nitrogens with zero attached hydrogens (tertiary/aromatic N) is 1. The van der Waals surface area contributed by atoms with Crippen LogP contribution in [0.3, 0.4) is 0 Å². The molecular weight excluding hydrogens is 563 g/mol. The number of carbonyl (C=O) groups is 1. The fourth-order valence-electron chi connectivity index (χ4n) is 4.67. The first kappa shape index (κ1) is 26.4. The predicted octanol–water partition coefficient (Wildman–Crippen LogP) is 7.71. The van der Waals surface area contributed by atoms with Gasteiger partial charge in [0.2, 0.25) is 5.88 Å². The van der Waals surface area contributed by atoms with E-state index in [1.54, 1.807) is 36.4 Å². The van der Waals surface area contributed by atoms with Crippen molar-refractivity contribution in [3.05, 3.63) is 135 Å². The molecule has 0 amide bonds. The van der Waals surface area contributed by atoms with Crippen LogP contribution in [0.5, 0.6) is 17.2 Å². The Morgan fingerprint density at radius 3 is 2.61 bits per heavy atom. The number of nitrogens with two attached hydrogens (primary N) is 1. The van der Waals surface area contributed by atoms with E-state index in [1.165, 1.54) is 23.5 Å². The minimum Gasteiger partial charge on any atom is -0.489 e. The van der Waals surface area contributed by atoms with Crippen LogP contribution in [0.1, 0.15) is 32.3 Å². The largest absolute Gasteiger partial charge is 0.489 e. The number of ether oxygens (including phenoxy) is 3. The van der Waals surface area contributed by atoms with Gasteiger partial charge in [-0.1, -0.05) is 60.1 Å². The summed E-state index contributed by atoms with van der Waals surface area (Å²) in [6, 6.07) is 28.0. The second-order valence-corrected chi connectivity index (χ2v) is 10.7. The van der Waals surface area contributed by atoms with Gasteiger partial charge >= 0.3 is 5.97 Å². The molecule has 0 fully saturated rings. The highest BCUT2D eigenvalue weighted by molar-refractivity contribution is 7.21. The van der Waals surface area contributed by atoms with Crippen molar-refractivity contribution >= 4 is 39.0 Å². The Kier molecular flexibility index (Phi) is 7.06. The lowest BCUT2D eigenvalue weighted by Gasteiger charge is -2.27. The molecule has 0 bridgehead atoms. The first-order valence-corrected chi connectivity index (χ1v) is 13.7. The van der Waals surface area contributed by atoms with Crippen molar-refractivity contribution in [2.45, 2.75) is 12.5 Å². The monoisotopic (exact) mass is 582 g/mol. The van der Waals surface area contributed by atoms with Crippen molar-refractivity contribution in [1.29, 1.82) is 5.26 Å². The Hall–Kier alpha value is -4.84. The Morgan fingerprint density at radius 1 is 1.02 bits per heavy atom. The van der Waals surface area contributed by atoms with Gasteiger partial charge in [0.05, 0.1) is 10.9 Å². The molecule has 0 aliphatic carbocycles. The van der Waals surface area contributed by atoms with Crippen molar-refractivity contribution < 1.29 is 23.4 Å². The first-order chi connectivity index (χ1) is 19.9. The van der Waals surface area contributed by atoms with Crippen molar-refractivity contribution in [1.82, 2.24) is 0 Å². The molecule has 2 N–H and O–H groups in total. The van der Waals surface area contributed by atoms with Crippen molar-refractivity contribution in [2.24, 2.45) is 5.73 Å². The van der Waals surface area contributed by atoms with Gasteiger partial charge in [-0.15, -0.1) is 11.3 Å². The number of thiophene rings is 1. The van der Waals surface area contributed by atoms with Crippen LogP contribution in [-0.2, 0) is 6.61 Å². The third-order valence-electron chi connectivity index (χ3n) is 6.63. The molecule has 1 aromatic heterocycles. The number of benzene rings is 4. The summed E-state index contributed by atoms with van der Waals surface area (Å²) in [5.41, 5.74) is 8.66. The molecule has 41 heavy (non-hydrogen) atoms. The number of esters is 1. The SMILES string of the molecule is N#CC1=C(N)Oc2cc(OC(=O)c3sc4ccccc4c3Cl)ccc2C1c1cccc(OCc2ccc(F)cc2)c1. The zero-order chi connectivity index (χ0) is 28.5. The standard InChI is InChI=1S/C32H20ClFN2O4S/c33-29-24-6-1-2-7-27(24)41-30(29)32(37)39-22-12-13-23-26(15-22)40-31(36)25(16-35)28(23)19-4-3-5-21(14-19)38-17-18-8-10-20(34)11-9-18/h1-15,28H,17,36H2. The van der Waals surface area contributed by atoms with Gasteiger partial charge < -0.3 is 19.9 Å². The molecule has 0 radical (unpaired) electrons. The van der Waals surface area contributed by atoms with Gasteiger partial charge in [0, 0.05) is 21.7 Å². The Morgan fingerprint density at radius 2 is 1.83 bits per heavy atom. The zero-order valence-electron chi connectivity index (χ0n) is 21.3. The Balaban J connectivity index is 1.27. The van der Waals surface area contributed by atoms with E-state index >= 15 is 0 Å². The highest BCUT2D eigenvalue weighted by atomic mass is 35.5. The number of rotatable bonds is 6. The van der Waals surface area contributed by atoms with E-state index in [1.807, 2.05) is 42.5 Å². The average Bonchev–Trinajstić information content (AvgIpc) is 3.32. The van der Waals surface area contributed by atoms with Gasteiger partial charge in [-0.3, -0.25) is 0 Å². The van der Waals surface area contributed by atoms with Crippen LogP contribution in [-0.4, -0.2) is 5.97 Å². The van der Waals surface area contributed by atoms with Gasteiger partial charge in [-0.25, -0.2) is 9.18 Å². The van der Waals surface area contributed by atoms with Crippen molar-refractivity contribution in [2.75, 3.05) is 0 Å². The second-order valence-electron chi connectivity index (χ2n) is 9.24. The van der Waals surface area contributed by atoms with Crippen LogP contribution in [0.15, 0.2) is 102 Å². The van der Waals surface area contributed by atoms with Crippen LogP contribution < -0.4 is 19.9 Å². The first-order valence-electron chi connectivity index (χ1n) is 12.5. The van der Waals surface area contributed by atoms with Crippen LogP contribution >= 0.6 is 22.9 Å². The molecule has 4 aromatic carbocycles. The molecule has 2 heterocycles. The fraction of sp³-hybridized carbons (Fsp3) is 0.0625. The molecule has 9 heteroatoms.